The van der Waals surface area contributed by atoms with E-state index in [1.165, 1.54) is 32.1 Å². The minimum Gasteiger partial charge on any atom is -0.320 e. The second kappa shape index (κ2) is 10.5. The highest BCUT2D eigenvalue weighted by Gasteiger charge is 2.45. The molecule has 30 heavy (non-hydrogen) atoms. The molecule has 1 fully saturated rings. The lowest BCUT2D eigenvalue weighted by Crippen LogP contribution is -2.54. The maximum absolute atomic E-state index is 13.0. The number of piperidine rings is 1. The Kier molecular flexibility index (Phi) is 7.74. The van der Waals surface area contributed by atoms with E-state index in [1.807, 2.05) is 13.1 Å². The molecule has 7 nitrogen and oxygen atoms in total. The molecule has 0 radical (unpaired) electrons. The number of fused-ring (bicyclic) bond motifs is 1. The first-order valence-corrected chi connectivity index (χ1v) is 11.0. The Balaban J connectivity index is 1.56. The van der Waals surface area contributed by atoms with Crippen LogP contribution in [-0.2, 0) is 16.0 Å². The van der Waals surface area contributed by atoms with Crippen LogP contribution in [0.25, 0.3) is 0 Å². The summed E-state index contributed by atoms with van der Waals surface area (Å²) in [7, 11) is 1.97. The van der Waals surface area contributed by atoms with Crippen LogP contribution in [0.5, 0.6) is 0 Å². The van der Waals surface area contributed by atoms with E-state index in [2.05, 4.69) is 10.6 Å². The van der Waals surface area contributed by atoms with Crippen LogP contribution in [0.15, 0.2) is 18.2 Å². The number of hydrogen-bond donors (Lipinski definition) is 2. The number of benzene rings is 1. The maximum atomic E-state index is 13.0. The van der Waals surface area contributed by atoms with Crippen molar-refractivity contribution in [3.8, 4) is 0 Å². The first-order valence-electron chi connectivity index (χ1n) is 11.0. The summed E-state index contributed by atoms with van der Waals surface area (Å²) < 4.78 is 0. The first kappa shape index (κ1) is 22.2. The van der Waals surface area contributed by atoms with E-state index in [9.17, 15) is 19.2 Å². The van der Waals surface area contributed by atoms with Gasteiger partial charge in [0.25, 0.3) is 11.8 Å². The molecule has 1 aromatic carbocycles. The van der Waals surface area contributed by atoms with E-state index in [-0.39, 0.29) is 18.7 Å². The molecule has 1 unspecified atom stereocenters. The third kappa shape index (κ3) is 4.95. The average molecular weight is 414 g/mol. The van der Waals surface area contributed by atoms with Crippen LogP contribution in [0.3, 0.4) is 0 Å². The zero-order chi connectivity index (χ0) is 21.5. The second-order valence-corrected chi connectivity index (χ2v) is 8.12. The van der Waals surface area contributed by atoms with Gasteiger partial charge in [-0.15, -0.1) is 0 Å². The van der Waals surface area contributed by atoms with Crippen LogP contribution in [0.4, 0.5) is 0 Å². The lowest BCUT2D eigenvalue weighted by molar-refractivity contribution is -0.136. The quantitative estimate of drug-likeness (QED) is 0.429. The highest BCUT2D eigenvalue weighted by Crippen LogP contribution is 2.30. The van der Waals surface area contributed by atoms with E-state index in [4.69, 9.17) is 0 Å². The van der Waals surface area contributed by atoms with E-state index in [0.717, 1.165) is 36.3 Å². The zero-order valence-corrected chi connectivity index (χ0v) is 17.7. The molecule has 1 atom stereocenters. The van der Waals surface area contributed by atoms with Crippen molar-refractivity contribution in [1.82, 2.24) is 15.5 Å². The predicted molar refractivity (Wildman–Crippen MR) is 113 cm³/mol. The lowest BCUT2D eigenvalue weighted by atomic mass is 9.97. The minimum atomic E-state index is -0.911. The number of carbonyl (C=O) groups excluding carboxylic acids is 4. The van der Waals surface area contributed by atoms with Gasteiger partial charge in [-0.3, -0.25) is 29.4 Å². The molecule has 2 N–H and O–H groups in total. The standard InChI is InChI=1S/C23H31N3O4/c1-24-15-8-6-4-2-3-5-7-10-16-11-9-12-17-20(16)23(30)26(22(17)29)18-13-14-19(27)25-21(18)28/h9,11-12,18,24H,2-8,10,13-15H2,1H3,(H,25,27,28). The molecule has 2 aliphatic rings. The summed E-state index contributed by atoms with van der Waals surface area (Å²) in [4.78, 5) is 50.5. The molecule has 3 rings (SSSR count). The number of hydrogen-bond acceptors (Lipinski definition) is 5. The molecule has 2 heterocycles. The monoisotopic (exact) mass is 413 g/mol. The van der Waals surface area contributed by atoms with Gasteiger partial charge in [-0.25, -0.2) is 0 Å². The summed E-state index contributed by atoms with van der Waals surface area (Å²) >= 11 is 0. The Hall–Kier alpha value is -2.54. The Morgan fingerprint density at radius 3 is 2.37 bits per heavy atom. The van der Waals surface area contributed by atoms with Crippen molar-refractivity contribution in [2.45, 2.75) is 70.3 Å². The molecule has 4 amide bonds. The Morgan fingerprint density at radius 1 is 0.967 bits per heavy atom. The molecule has 0 saturated carbocycles. The van der Waals surface area contributed by atoms with Gasteiger partial charge < -0.3 is 5.32 Å². The number of nitrogens with one attached hydrogen (secondary N) is 2. The summed E-state index contributed by atoms with van der Waals surface area (Å²) in [6.07, 6.45) is 9.21. The predicted octanol–water partition coefficient (Wildman–Crippen LogP) is 2.58. The molecule has 162 valence electrons. The van der Waals surface area contributed by atoms with Gasteiger partial charge in [0.15, 0.2) is 0 Å². The van der Waals surface area contributed by atoms with Crippen LogP contribution in [0.1, 0.15) is 84.1 Å². The number of rotatable bonds is 11. The third-order valence-electron chi connectivity index (χ3n) is 5.93. The number of carbonyl (C=O) groups is 4. The molecule has 0 aromatic heterocycles. The van der Waals surface area contributed by atoms with Crippen molar-refractivity contribution >= 4 is 23.6 Å². The van der Waals surface area contributed by atoms with Crippen molar-refractivity contribution in [2.75, 3.05) is 13.6 Å². The Morgan fingerprint density at radius 2 is 1.67 bits per heavy atom. The lowest BCUT2D eigenvalue weighted by Gasteiger charge is -2.27. The minimum absolute atomic E-state index is 0.131. The molecule has 0 aliphatic carbocycles. The van der Waals surface area contributed by atoms with Gasteiger partial charge in [0.05, 0.1) is 11.1 Å². The van der Waals surface area contributed by atoms with Crippen LogP contribution in [-0.4, -0.2) is 48.2 Å². The fraction of sp³-hybridized carbons (Fsp3) is 0.565. The fourth-order valence-corrected chi connectivity index (χ4v) is 4.29. The summed E-state index contributed by atoms with van der Waals surface area (Å²) in [6, 6.07) is 4.44. The van der Waals surface area contributed by atoms with Crippen LogP contribution in [0.2, 0.25) is 0 Å². The first-order chi connectivity index (χ1) is 14.5. The van der Waals surface area contributed by atoms with Crippen molar-refractivity contribution in [2.24, 2.45) is 0 Å². The summed E-state index contributed by atoms with van der Waals surface area (Å²) in [5, 5.41) is 5.39. The highest BCUT2D eigenvalue weighted by atomic mass is 16.2. The normalized spacial score (nSPS) is 18.7. The van der Waals surface area contributed by atoms with Crippen molar-refractivity contribution in [1.29, 1.82) is 0 Å². The SMILES string of the molecule is CNCCCCCCCCCc1cccc2c1C(=O)N(C1CCC(=O)NC1=O)C2=O. The van der Waals surface area contributed by atoms with Crippen molar-refractivity contribution in [3.63, 3.8) is 0 Å². The van der Waals surface area contributed by atoms with E-state index >= 15 is 0 Å². The zero-order valence-electron chi connectivity index (χ0n) is 17.7. The van der Waals surface area contributed by atoms with Crippen LogP contribution in [0, 0.1) is 0 Å². The number of aryl methyl sites for hydroxylation is 1. The van der Waals surface area contributed by atoms with Crippen molar-refractivity contribution < 1.29 is 19.2 Å². The number of unbranched alkanes of at least 4 members (excludes halogenated alkanes) is 6. The largest absolute Gasteiger partial charge is 0.320 e. The topological polar surface area (TPSA) is 95.6 Å². The second-order valence-electron chi connectivity index (χ2n) is 8.12. The number of amides is 4. The molecule has 7 heteroatoms. The smallest absolute Gasteiger partial charge is 0.262 e. The maximum Gasteiger partial charge on any atom is 0.262 e. The molecule has 0 spiro atoms. The molecule has 0 bridgehead atoms. The molecular weight excluding hydrogens is 382 g/mol. The van der Waals surface area contributed by atoms with Gasteiger partial charge in [-0.05, 0) is 50.9 Å². The third-order valence-corrected chi connectivity index (χ3v) is 5.93. The van der Waals surface area contributed by atoms with Gasteiger partial charge >= 0.3 is 0 Å². The Bertz CT molecular complexity index is 821. The molecule has 1 saturated heterocycles. The fourth-order valence-electron chi connectivity index (χ4n) is 4.29. The van der Waals surface area contributed by atoms with Gasteiger partial charge in [-0.2, -0.15) is 0 Å². The van der Waals surface area contributed by atoms with Crippen molar-refractivity contribution in [3.05, 3.63) is 34.9 Å². The van der Waals surface area contributed by atoms with E-state index in [1.54, 1.807) is 12.1 Å². The van der Waals surface area contributed by atoms with Gasteiger partial charge in [0, 0.05) is 6.42 Å². The van der Waals surface area contributed by atoms with E-state index < -0.39 is 23.8 Å². The van der Waals surface area contributed by atoms with Crippen LogP contribution >= 0.6 is 0 Å². The number of nitrogens with zero attached hydrogens (tertiary/aromatic N) is 1. The van der Waals surface area contributed by atoms with Crippen LogP contribution < -0.4 is 10.6 Å². The summed E-state index contributed by atoms with van der Waals surface area (Å²) in [6.45, 7) is 1.07. The van der Waals surface area contributed by atoms with Gasteiger partial charge in [-0.1, -0.05) is 44.2 Å². The molecule has 1 aromatic rings. The Labute approximate surface area is 177 Å². The summed E-state index contributed by atoms with van der Waals surface area (Å²) in [5.41, 5.74) is 1.67. The number of imide groups is 2. The summed E-state index contributed by atoms with van der Waals surface area (Å²) in [5.74, 6) is -1.79. The molecule has 2 aliphatic heterocycles. The van der Waals surface area contributed by atoms with Gasteiger partial charge in [0.2, 0.25) is 11.8 Å². The van der Waals surface area contributed by atoms with Gasteiger partial charge in [0.1, 0.15) is 6.04 Å². The molecular formula is C23H31N3O4. The average Bonchev–Trinajstić information content (AvgIpc) is 2.98. The highest BCUT2D eigenvalue weighted by molar-refractivity contribution is 6.24. The van der Waals surface area contributed by atoms with E-state index in [0.29, 0.717) is 11.1 Å².